The highest BCUT2D eigenvalue weighted by molar-refractivity contribution is 6.35. The minimum absolute atomic E-state index is 0.0689. The van der Waals surface area contributed by atoms with Gasteiger partial charge in [-0.25, -0.2) is 4.79 Å². The van der Waals surface area contributed by atoms with Crippen molar-refractivity contribution in [3.8, 4) is 0 Å². The number of nitrogens with one attached hydrogen (secondary N) is 1. The first-order valence-electron chi connectivity index (χ1n) is 7.82. The Morgan fingerprint density at radius 3 is 2.42 bits per heavy atom. The highest BCUT2D eigenvalue weighted by Crippen LogP contribution is 2.21. The molecule has 26 heavy (non-hydrogen) atoms. The molecule has 0 aliphatic carbocycles. The Balaban J connectivity index is 1.92. The number of hydrogen-bond donors (Lipinski definition) is 1. The standard InChI is InChI=1S/C19H17Cl2NO4/c1-12(23)17(9-13-5-3-2-4-6-13)22-18(24)11-26-19(25)15-10-14(20)7-8-16(15)21/h2-8,10,17H,9,11H2,1H3,(H,22,24)/t17-/m1/s1. The Morgan fingerprint density at radius 1 is 1.08 bits per heavy atom. The Bertz CT molecular complexity index is 808. The molecule has 0 unspecified atom stereocenters. The minimum Gasteiger partial charge on any atom is -0.452 e. The maximum atomic E-state index is 12.0. The first kappa shape index (κ1) is 19.9. The lowest BCUT2D eigenvalue weighted by Crippen LogP contribution is -2.43. The maximum Gasteiger partial charge on any atom is 0.340 e. The van der Waals surface area contributed by atoms with E-state index in [1.54, 1.807) is 0 Å². The SMILES string of the molecule is CC(=O)[C@@H](Cc1ccccc1)NC(=O)COC(=O)c1cc(Cl)ccc1Cl. The highest BCUT2D eigenvalue weighted by Gasteiger charge is 2.19. The smallest absolute Gasteiger partial charge is 0.340 e. The number of amides is 1. The molecule has 5 nitrogen and oxygen atoms in total. The lowest BCUT2D eigenvalue weighted by Gasteiger charge is -2.16. The van der Waals surface area contributed by atoms with E-state index in [0.29, 0.717) is 11.4 Å². The zero-order chi connectivity index (χ0) is 19.1. The quantitative estimate of drug-likeness (QED) is 0.730. The molecule has 7 heteroatoms. The Kier molecular flexibility index (Phi) is 7.18. The van der Waals surface area contributed by atoms with E-state index in [1.165, 1.54) is 25.1 Å². The molecule has 0 saturated heterocycles. The second-order valence-electron chi connectivity index (χ2n) is 5.62. The molecule has 136 valence electrons. The van der Waals surface area contributed by atoms with E-state index in [4.69, 9.17) is 27.9 Å². The summed E-state index contributed by atoms with van der Waals surface area (Å²) in [6.45, 7) is 0.867. The number of rotatable bonds is 7. The molecule has 0 fully saturated rings. The Hall–Kier alpha value is -2.37. The van der Waals surface area contributed by atoms with Crippen molar-refractivity contribution in [1.29, 1.82) is 0 Å². The maximum absolute atomic E-state index is 12.0. The molecule has 0 spiro atoms. The summed E-state index contributed by atoms with van der Waals surface area (Å²) in [6.07, 6.45) is 0.357. The molecule has 2 aromatic rings. The molecule has 0 saturated carbocycles. The summed E-state index contributed by atoms with van der Waals surface area (Å²) in [7, 11) is 0. The molecular formula is C19H17Cl2NO4. The van der Waals surface area contributed by atoms with Crippen molar-refractivity contribution < 1.29 is 19.1 Å². The van der Waals surface area contributed by atoms with Gasteiger partial charge in [0.1, 0.15) is 0 Å². The van der Waals surface area contributed by atoms with Crippen molar-refractivity contribution in [3.05, 3.63) is 69.7 Å². The summed E-state index contributed by atoms with van der Waals surface area (Å²) in [5.74, 6) is -1.53. The van der Waals surface area contributed by atoms with Gasteiger partial charge in [-0.3, -0.25) is 9.59 Å². The van der Waals surface area contributed by atoms with Gasteiger partial charge >= 0.3 is 5.97 Å². The highest BCUT2D eigenvalue weighted by atomic mass is 35.5. The zero-order valence-corrected chi connectivity index (χ0v) is 15.5. The van der Waals surface area contributed by atoms with Crippen LogP contribution in [0.3, 0.4) is 0 Å². The third kappa shape index (κ3) is 5.86. The van der Waals surface area contributed by atoms with E-state index < -0.39 is 24.5 Å². The third-order valence-electron chi connectivity index (χ3n) is 3.59. The average molecular weight is 394 g/mol. The first-order chi connectivity index (χ1) is 12.4. The van der Waals surface area contributed by atoms with Crippen LogP contribution in [0.15, 0.2) is 48.5 Å². The van der Waals surface area contributed by atoms with Crippen LogP contribution in [0.25, 0.3) is 0 Å². The normalized spacial score (nSPS) is 11.5. The number of hydrogen-bond acceptors (Lipinski definition) is 4. The van der Waals surface area contributed by atoms with E-state index >= 15 is 0 Å². The number of esters is 1. The summed E-state index contributed by atoms with van der Waals surface area (Å²) in [4.78, 5) is 35.8. The molecule has 1 atom stereocenters. The van der Waals surface area contributed by atoms with Crippen LogP contribution in [-0.2, 0) is 20.7 Å². The lowest BCUT2D eigenvalue weighted by atomic mass is 10.0. The molecule has 0 aliphatic heterocycles. The van der Waals surface area contributed by atoms with Crippen LogP contribution in [-0.4, -0.2) is 30.3 Å². The number of carbonyl (C=O) groups is 3. The molecular weight excluding hydrogens is 377 g/mol. The van der Waals surface area contributed by atoms with Crippen molar-refractivity contribution >= 4 is 40.9 Å². The number of benzene rings is 2. The number of ether oxygens (including phenoxy) is 1. The van der Waals surface area contributed by atoms with Crippen LogP contribution in [0.4, 0.5) is 0 Å². The van der Waals surface area contributed by atoms with Crippen molar-refractivity contribution in [2.45, 2.75) is 19.4 Å². The lowest BCUT2D eigenvalue weighted by molar-refractivity contribution is -0.128. The van der Waals surface area contributed by atoms with Crippen LogP contribution in [0.1, 0.15) is 22.8 Å². The van der Waals surface area contributed by atoms with Gasteiger partial charge in [0.15, 0.2) is 12.4 Å². The number of Topliss-reactive ketones (excluding diaryl/α,β-unsaturated/α-hetero) is 1. The third-order valence-corrected chi connectivity index (χ3v) is 4.16. The minimum atomic E-state index is -0.768. The number of halogens is 2. The molecule has 0 heterocycles. The van der Waals surface area contributed by atoms with Gasteiger partial charge < -0.3 is 10.1 Å². The fourth-order valence-corrected chi connectivity index (χ4v) is 2.61. The summed E-state index contributed by atoms with van der Waals surface area (Å²) >= 11 is 11.7. The fourth-order valence-electron chi connectivity index (χ4n) is 2.24. The summed E-state index contributed by atoms with van der Waals surface area (Å²) in [5.41, 5.74) is 0.982. The predicted molar refractivity (Wildman–Crippen MR) is 99.5 cm³/mol. The van der Waals surface area contributed by atoms with E-state index in [2.05, 4.69) is 5.32 Å². The summed E-state index contributed by atoms with van der Waals surface area (Å²) < 4.78 is 4.95. The van der Waals surface area contributed by atoms with Gasteiger partial charge in [-0.05, 0) is 37.1 Å². The van der Waals surface area contributed by atoms with E-state index in [9.17, 15) is 14.4 Å². The number of carbonyl (C=O) groups excluding carboxylic acids is 3. The van der Waals surface area contributed by atoms with Gasteiger partial charge in [0.25, 0.3) is 5.91 Å². The van der Waals surface area contributed by atoms with E-state index in [-0.39, 0.29) is 16.4 Å². The average Bonchev–Trinajstić information content (AvgIpc) is 2.62. The van der Waals surface area contributed by atoms with Gasteiger partial charge in [-0.15, -0.1) is 0 Å². The van der Waals surface area contributed by atoms with Crippen LogP contribution < -0.4 is 5.32 Å². The Morgan fingerprint density at radius 2 is 1.77 bits per heavy atom. The summed E-state index contributed by atoms with van der Waals surface area (Å²) in [6, 6.07) is 13.0. The van der Waals surface area contributed by atoms with Gasteiger partial charge in [0.05, 0.1) is 16.6 Å². The molecule has 0 bridgehead atoms. The van der Waals surface area contributed by atoms with E-state index in [1.807, 2.05) is 30.3 Å². The molecule has 0 radical (unpaired) electrons. The fraction of sp³-hybridized carbons (Fsp3) is 0.211. The van der Waals surface area contributed by atoms with Crippen LogP contribution >= 0.6 is 23.2 Å². The summed E-state index contributed by atoms with van der Waals surface area (Å²) in [5, 5.41) is 3.07. The molecule has 1 amide bonds. The van der Waals surface area contributed by atoms with Gasteiger partial charge in [0, 0.05) is 5.02 Å². The monoisotopic (exact) mass is 393 g/mol. The Labute approximate surface area is 161 Å². The van der Waals surface area contributed by atoms with Gasteiger partial charge in [-0.2, -0.15) is 0 Å². The van der Waals surface area contributed by atoms with Crippen molar-refractivity contribution in [2.75, 3.05) is 6.61 Å². The molecule has 0 aromatic heterocycles. The molecule has 1 N–H and O–H groups in total. The van der Waals surface area contributed by atoms with Crippen LogP contribution in [0.2, 0.25) is 10.0 Å². The predicted octanol–water partition coefficient (Wildman–Crippen LogP) is 3.47. The molecule has 2 rings (SSSR count). The van der Waals surface area contributed by atoms with Crippen LogP contribution in [0.5, 0.6) is 0 Å². The van der Waals surface area contributed by atoms with Crippen LogP contribution in [0, 0.1) is 0 Å². The molecule has 2 aromatic carbocycles. The van der Waals surface area contributed by atoms with Crippen molar-refractivity contribution in [1.82, 2.24) is 5.32 Å². The zero-order valence-electron chi connectivity index (χ0n) is 14.0. The van der Waals surface area contributed by atoms with Crippen molar-refractivity contribution in [3.63, 3.8) is 0 Å². The molecule has 0 aliphatic rings. The second kappa shape index (κ2) is 9.36. The number of ketones is 1. The van der Waals surface area contributed by atoms with Crippen molar-refractivity contribution in [2.24, 2.45) is 0 Å². The second-order valence-corrected chi connectivity index (χ2v) is 6.46. The van der Waals surface area contributed by atoms with Gasteiger partial charge in [-0.1, -0.05) is 53.5 Å². The van der Waals surface area contributed by atoms with E-state index in [0.717, 1.165) is 5.56 Å². The van der Waals surface area contributed by atoms with Gasteiger partial charge in [0.2, 0.25) is 0 Å². The first-order valence-corrected chi connectivity index (χ1v) is 8.58. The topological polar surface area (TPSA) is 72.5 Å². The largest absolute Gasteiger partial charge is 0.452 e.